The van der Waals surface area contributed by atoms with E-state index >= 15 is 0 Å². The maximum atomic E-state index is 13.0. The van der Waals surface area contributed by atoms with E-state index in [0.29, 0.717) is 0 Å². The first kappa shape index (κ1) is 24.0. The predicted molar refractivity (Wildman–Crippen MR) is 123 cm³/mol. The fourth-order valence-electron chi connectivity index (χ4n) is 3.25. The van der Waals surface area contributed by atoms with Gasteiger partial charge in [0.15, 0.2) is 11.5 Å². The molecule has 0 aliphatic heterocycles. The molecule has 0 saturated heterocycles. The van der Waals surface area contributed by atoms with E-state index < -0.39 is 28.4 Å². The number of sulfonamides is 1. The maximum Gasteiger partial charge on any atom is 0.340 e. The lowest BCUT2D eigenvalue weighted by Gasteiger charge is -2.18. The third-order valence-corrected chi connectivity index (χ3v) is 6.80. The number of rotatable bonds is 8. The molecule has 0 saturated carbocycles. The van der Waals surface area contributed by atoms with Crippen LogP contribution < -0.4 is 14.8 Å². The van der Waals surface area contributed by atoms with Gasteiger partial charge in [0.2, 0.25) is 15.9 Å². The van der Waals surface area contributed by atoms with Crippen LogP contribution in [0.3, 0.4) is 0 Å². The zero-order valence-electron chi connectivity index (χ0n) is 18.6. The Hall–Kier alpha value is -3.63. The molecule has 3 rings (SSSR count). The van der Waals surface area contributed by atoms with Crippen LogP contribution in [0.4, 0.5) is 5.69 Å². The highest BCUT2D eigenvalue weighted by Gasteiger charge is 2.25. The molecule has 1 amide bonds. The quantitative estimate of drug-likeness (QED) is 0.502. The highest BCUT2D eigenvalue weighted by atomic mass is 32.2. The number of anilines is 1. The van der Waals surface area contributed by atoms with E-state index in [2.05, 4.69) is 5.32 Å². The molecule has 0 spiro atoms. The van der Waals surface area contributed by atoms with Crippen LogP contribution in [0.15, 0.2) is 59.5 Å². The molecule has 10 heteroatoms. The number of methoxy groups -OCH3 is 3. The first-order valence-corrected chi connectivity index (χ1v) is 11.2. The summed E-state index contributed by atoms with van der Waals surface area (Å²) in [5.41, 5.74) is 0.129. The molecule has 0 bridgehead atoms. The van der Waals surface area contributed by atoms with Crippen LogP contribution in [0.2, 0.25) is 0 Å². The molecule has 0 aliphatic rings. The van der Waals surface area contributed by atoms with E-state index in [1.165, 1.54) is 46.6 Å². The number of hydrogen-bond donors (Lipinski definition) is 1. The number of amides is 1. The van der Waals surface area contributed by atoms with Gasteiger partial charge in [-0.15, -0.1) is 0 Å². The zero-order valence-corrected chi connectivity index (χ0v) is 19.4. The van der Waals surface area contributed by atoms with Gasteiger partial charge in [-0.3, -0.25) is 4.79 Å². The fourth-order valence-corrected chi connectivity index (χ4v) is 4.41. The van der Waals surface area contributed by atoms with Crippen LogP contribution in [-0.2, 0) is 19.6 Å². The fraction of sp³-hybridized carbons (Fsp3) is 0.217. The van der Waals surface area contributed by atoms with Crippen molar-refractivity contribution < 1.29 is 32.2 Å². The lowest BCUT2D eigenvalue weighted by Crippen LogP contribution is -2.35. The number of ether oxygens (including phenoxy) is 3. The molecule has 0 fully saturated rings. The van der Waals surface area contributed by atoms with Gasteiger partial charge in [-0.1, -0.05) is 30.3 Å². The number of nitrogens with one attached hydrogen (secondary N) is 1. The summed E-state index contributed by atoms with van der Waals surface area (Å²) in [6, 6.07) is 14.9. The molecule has 1 N–H and O–H groups in total. The molecule has 174 valence electrons. The number of likely N-dealkylation sites (N-methyl/N-ethyl adjacent to an activating group) is 1. The summed E-state index contributed by atoms with van der Waals surface area (Å²) < 4.78 is 42.1. The van der Waals surface area contributed by atoms with Crippen LogP contribution >= 0.6 is 0 Å². The molecule has 0 heterocycles. The monoisotopic (exact) mass is 472 g/mol. The van der Waals surface area contributed by atoms with E-state index in [9.17, 15) is 18.0 Å². The van der Waals surface area contributed by atoms with E-state index in [1.807, 2.05) is 24.3 Å². The molecule has 3 aromatic rings. The Balaban J connectivity index is 1.84. The summed E-state index contributed by atoms with van der Waals surface area (Å²) in [5.74, 6) is -0.813. The molecule has 33 heavy (non-hydrogen) atoms. The van der Waals surface area contributed by atoms with Gasteiger partial charge in [0, 0.05) is 19.2 Å². The van der Waals surface area contributed by atoms with Crippen molar-refractivity contribution >= 4 is 38.4 Å². The standard InChI is InChI=1S/C23H24N2O7S/c1-25(33(28,29)17-10-9-15-7-5-6-8-16(15)11-17)14-22(26)24-19-13-21(31-3)20(30-2)12-18(19)23(27)32-4/h5-13H,14H2,1-4H3,(H,24,26). The van der Waals surface area contributed by atoms with Crippen molar-refractivity contribution in [1.29, 1.82) is 0 Å². The summed E-state index contributed by atoms with van der Waals surface area (Å²) in [5, 5.41) is 4.23. The predicted octanol–water partition coefficient (Wildman–Crippen LogP) is 2.90. The minimum absolute atomic E-state index is 0.0311. The molecule has 0 unspecified atom stereocenters. The van der Waals surface area contributed by atoms with Crippen LogP contribution in [0.25, 0.3) is 10.8 Å². The van der Waals surface area contributed by atoms with Crippen LogP contribution in [-0.4, -0.2) is 59.5 Å². The van der Waals surface area contributed by atoms with E-state index in [-0.39, 0.29) is 27.6 Å². The number of fused-ring (bicyclic) bond motifs is 1. The highest BCUT2D eigenvalue weighted by Crippen LogP contribution is 2.34. The molecular formula is C23H24N2O7S. The largest absolute Gasteiger partial charge is 0.493 e. The number of benzene rings is 3. The van der Waals surface area contributed by atoms with Crippen molar-refractivity contribution in [3.8, 4) is 11.5 Å². The SMILES string of the molecule is COC(=O)c1cc(OC)c(OC)cc1NC(=O)CN(C)S(=O)(=O)c1ccc2ccccc2c1. The van der Waals surface area contributed by atoms with Crippen LogP contribution in [0, 0.1) is 0 Å². The van der Waals surface area contributed by atoms with Gasteiger partial charge in [0.1, 0.15) is 0 Å². The Morgan fingerprint density at radius 3 is 2.18 bits per heavy atom. The van der Waals surface area contributed by atoms with Gasteiger partial charge < -0.3 is 19.5 Å². The Kier molecular flexibility index (Phi) is 7.19. The number of esters is 1. The maximum absolute atomic E-state index is 13.0. The van der Waals surface area contributed by atoms with Crippen LogP contribution in [0.5, 0.6) is 11.5 Å². The van der Waals surface area contributed by atoms with Gasteiger partial charge in [-0.05, 0) is 22.9 Å². The number of nitrogens with zero attached hydrogens (tertiary/aromatic N) is 1. The Bertz CT molecular complexity index is 1310. The van der Waals surface area contributed by atoms with Crippen molar-refractivity contribution in [2.45, 2.75) is 4.90 Å². The molecule has 0 atom stereocenters. The molecule has 0 aromatic heterocycles. The van der Waals surface area contributed by atoms with Gasteiger partial charge >= 0.3 is 5.97 Å². The Morgan fingerprint density at radius 2 is 1.55 bits per heavy atom. The number of hydrogen-bond acceptors (Lipinski definition) is 7. The van der Waals surface area contributed by atoms with E-state index in [4.69, 9.17) is 14.2 Å². The third-order valence-electron chi connectivity index (χ3n) is 5.00. The topological polar surface area (TPSA) is 111 Å². The summed E-state index contributed by atoms with van der Waals surface area (Å²) in [6.45, 7) is -0.482. The van der Waals surface area contributed by atoms with E-state index in [1.54, 1.807) is 12.1 Å². The lowest BCUT2D eigenvalue weighted by atomic mass is 10.1. The molecular weight excluding hydrogens is 448 g/mol. The van der Waals surface area contributed by atoms with Gasteiger partial charge in [0.25, 0.3) is 0 Å². The van der Waals surface area contributed by atoms with Crippen LogP contribution in [0.1, 0.15) is 10.4 Å². The Labute approximate surface area is 191 Å². The second-order valence-corrected chi connectivity index (χ2v) is 9.11. The average molecular weight is 473 g/mol. The normalized spacial score (nSPS) is 11.3. The smallest absolute Gasteiger partial charge is 0.340 e. The summed E-state index contributed by atoms with van der Waals surface area (Å²) in [6.07, 6.45) is 0. The number of carbonyl (C=O) groups is 2. The van der Waals surface area contributed by atoms with Crippen molar-refractivity contribution in [2.75, 3.05) is 40.2 Å². The summed E-state index contributed by atoms with van der Waals surface area (Å²) >= 11 is 0. The first-order valence-electron chi connectivity index (χ1n) is 9.80. The average Bonchev–Trinajstić information content (AvgIpc) is 2.82. The lowest BCUT2D eigenvalue weighted by molar-refractivity contribution is -0.116. The zero-order chi connectivity index (χ0) is 24.2. The van der Waals surface area contributed by atoms with Crippen molar-refractivity contribution in [3.63, 3.8) is 0 Å². The van der Waals surface area contributed by atoms with E-state index in [0.717, 1.165) is 15.1 Å². The minimum Gasteiger partial charge on any atom is -0.493 e. The molecule has 0 aliphatic carbocycles. The Morgan fingerprint density at radius 1 is 0.909 bits per heavy atom. The molecule has 0 radical (unpaired) electrons. The summed E-state index contributed by atoms with van der Waals surface area (Å²) in [4.78, 5) is 24.9. The van der Waals surface area contributed by atoms with Crippen molar-refractivity contribution in [3.05, 3.63) is 60.2 Å². The summed E-state index contributed by atoms with van der Waals surface area (Å²) in [7, 11) is 1.39. The molecule has 3 aromatic carbocycles. The minimum atomic E-state index is -3.94. The number of carbonyl (C=O) groups excluding carboxylic acids is 2. The third kappa shape index (κ3) is 5.07. The van der Waals surface area contributed by atoms with Crippen molar-refractivity contribution in [1.82, 2.24) is 4.31 Å². The molecule has 9 nitrogen and oxygen atoms in total. The first-order chi connectivity index (χ1) is 15.7. The van der Waals surface area contributed by atoms with Gasteiger partial charge in [0.05, 0.1) is 44.0 Å². The van der Waals surface area contributed by atoms with Gasteiger partial charge in [-0.2, -0.15) is 4.31 Å². The van der Waals surface area contributed by atoms with Crippen molar-refractivity contribution in [2.24, 2.45) is 0 Å². The second-order valence-electron chi connectivity index (χ2n) is 7.06. The van der Waals surface area contributed by atoms with Gasteiger partial charge in [-0.25, -0.2) is 13.2 Å². The second kappa shape index (κ2) is 9.88. The highest BCUT2D eigenvalue weighted by molar-refractivity contribution is 7.89.